The second kappa shape index (κ2) is 6.24. The fourth-order valence-corrected chi connectivity index (χ4v) is 2.26. The minimum absolute atomic E-state index is 0.161. The minimum Gasteiger partial charge on any atom is -0.480 e. The molecule has 1 atom stereocenters. The number of carboxylic acids is 1. The number of hydrogen-bond acceptors (Lipinski definition) is 4. The Morgan fingerprint density at radius 3 is 2.20 bits per heavy atom. The third-order valence-electron chi connectivity index (χ3n) is 3.29. The van der Waals surface area contributed by atoms with E-state index in [0.29, 0.717) is 25.7 Å². The summed E-state index contributed by atoms with van der Waals surface area (Å²) < 4.78 is 5.29. The maximum atomic E-state index is 12.2. The zero-order chi connectivity index (χ0) is 15.5. The smallest absolute Gasteiger partial charge is 0.411 e. The van der Waals surface area contributed by atoms with Gasteiger partial charge in [0.05, 0.1) is 0 Å². The first-order chi connectivity index (χ1) is 9.11. The maximum Gasteiger partial charge on any atom is 0.411 e. The second-order valence-corrected chi connectivity index (χ2v) is 6.17. The van der Waals surface area contributed by atoms with Crippen molar-refractivity contribution in [2.24, 2.45) is 0 Å². The number of aliphatic carboxylic acids is 1. The van der Waals surface area contributed by atoms with Crippen LogP contribution in [0.1, 0.15) is 53.4 Å². The van der Waals surface area contributed by atoms with E-state index in [1.165, 1.54) is 11.8 Å². The molecule has 1 amide bonds. The molecule has 0 aromatic rings. The summed E-state index contributed by atoms with van der Waals surface area (Å²) in [5.41, 5.74) is -0.682. The van der Waals surface area contributed by atoms with E-state index in [1.807, 2.05) is 0 Å². The molecule has 20 heavy (non-hydrogen) atoms. The molecule has 0 saturated heterocycles. The molecule has 1 aliphatic carbocycles. The van der Waals surface area contributed by atoms with Gasteiger partial charge in [0.25, 0.3) is 0 Å². The van der Waals surface area contributed by atoms with Crippen LogP contribution in [0.2, 0.25) is 0 Å². The molecule has 1 N–H and O–H groups in total. The van der Waals surface area contributed by atoms with E-state index in [9.17, 15) is 14.4 Å². The van der Waals surface area contributed by atoms with Crippen molar-refractivity contribution in [1.29, 1.82) is 0 Å². The molecule has 6 nitrogen and oxygen atoms in total. The van der Waals surface area contributed by atoms with Crippen molar-refractivity contribution in [3.05, 3.63) is 0 Å². The molecule has 1 saturated carbocycles. The van der Waals surface area contributed by atoms with E-state index >= 15 is 0 Å². The first-order valence-corrected chi connectivity index (χ1v) is 6.87. The summed E-state index contributed by atoms with van der Waals surface area (Å²) in [5, 5.41) is 9.17. The Balaban J connectivity index is 2.88. The Kier molecular flexibility index (Phi) is 5.14. The number of nitrogens with zero attached hydrogens (tertiary/aromatic N) is 1. The molecule has 0 spiro atoms. The summed E-state index contributed by atoms with van der Waals surface area (Å²) in [5.74, 6) is -0.916. The van der Waals surface area contributed by atoms with Gasteiger partial charge in [-0.25, -0.2) is 9.59 Å². The molecular formula is C14H23NO5. The van der Waals surface area contributed by atoms with Crippen molar-refractivity contribution in [2.75, 3.05) is 0 Å². The first kappa shape index (κ1) is 16.5. The van der Waals surface area contributed by atoms with Crippen LogP contribution in [-0.2, 0) is 14.3 Å². The van der Waals surface area contributed by atoms with Gasteiger partial charge >= 0.3 is 12.1 Å². The Labute approximate surface area is 119 Å². The highest BCUT2D eigenvalue weighted by Crippen LogP contribution is 2.24. The standard InChI is InChI=1S/C14H23NO5/c1-9(12(17)18)15(13(19)20-14(2,3)4)10-5-7-11(16)8-6-10/h9-10H,5-8H2,1-4H3,(H,17,18). The van der Waals surface area contributed by atoms with E-state index in [0.717, 1.165) is 0 Å². The molecule has 1 fully saturated rings. The van der Waals surface area contributed by atoms with Gasteiger partial charge in [-0.05, 0) is 40.5 Å². The summed E-state index contributed by atoms with van der Waals surface area (Å²) >= 11 is 0. The summed E-state index contributed by atoms with van der Waals surface area (Å²) in [6, 6.07) is -1.23. The van der Waals surface area contributed by atoms with Gasteiger partial charge in [-0.15, -0.1) is 0 Å². The van der Waals surface area contributed by atoms with Crippen LogP contribution >= 0.6 is 0 Å². The topological polar surface area (TPSA) is 83.9 Å². The van der Waals surface area contributed by atoms with Crippen LogP contribution in [0.15, 0.2) is 0 Å². The lowest BCUT2D eigenvalue weighted by atomic mass is 9.92. The average Bonchev–Trinajstić information content (AvgIpc) is 2.29. The molecule has 0 aromatic heterocycles. The largest absolute Gasteiger partial charge is 0.480 e. The Morgan fingerprint density at radius 1 is 1.30 bits per heavy atom. The number of Topliss-reactive ketones (excluding diaryl/α,β-unsaturated/α-hetero) is 1. The number of ketones is 1. The molecule has 6 heteroatoms. The fourth-order valence-electron chi connectivity index (χ4n) is 2.26. The van der Waals surface area contributed by atoms with Crippen molar-refractivity contribution >= 4 is 17.8 Å². The van der Waals surface area contributed by atoms with Crippen molar-refractivity contribution in [3.8, 4) is 0 Å². The van der Waals surface area contributed by atoms with Crippen LogP contribution in [0.5, 0.6) is 0 Å². The molecule has 1 rings (SSSR count). The molecule has 0 heterocycles. The van der Waals surface area contributed by atoms with Gasteiger partial charge < -0.3 is 9.84 Å². The third kappa shape index (κ3) is 4.51. The molecule has 0 aliphatic heterocycles. The summed E-state index contributed by atoms with van der Waals surface area (Å²) in [6.07, 6.45) is 1.13. The number of ether oxygens (including phenoxy) is 1. The lowest BCUT2D eigenvalue weighted by molar-refractivity contribution is -0.143. The van der Waals surface area contributed by atoms with E-state index < -0.39 is 23.7 Å². The predicted octanol–water partition coefficient (Wildman–Crippen LogP) is 2.21. The Hall–Kier alpha value is -1.59. The number of hydrogen-bond donors (Lipinski definition) is 1. The lowest BCUT2D eigenvalue weighted by Gasteiger charge is -2.37. The maximum absolute atomic E-state index is 12.2. The van der Waals surface area contributed by atoms with E-state index in [1.54, 1.807) is 20.8 Å². The molecular weight excluding hydrogens is 262 g/mol. The summed E-state index contributed by atoms with van der Waals surface area (Å²) in [4.78, 5) is 36.0. The average molecular weight is 285 g/mol. The fraction of sp³-hybridized carbons (Fsp3) is 0.786. The highest BCUT2D eigenvalue weighted by molar-refractivity contribution is 5.81. The molecule has 1 unspecified atom stereocenters. The van der Waals surface area contributed by atoms with Crippen molar-refractivity contribution in [2.45, 2.75) is 71.1 Å². The summed E-state index contributed by atoms with van der Waals surface area (Å²) in [7, 11) is 0. The normalized spacial score (nSPS) is 18.5. The van der Waals surface area contributed by atoms with Crippen LogP contribution in [-0.4, -0.2) is 45.5 Å². The molecule has 114 valence electrons. The highest BCUT2D eigenvalue weighted by Gasteiger charge is 2.36. The second-order valence-electron chi connectivity index (χ2n) is 6.17. The monoisotopic (exact) mass is 285 g/mol. The van der Waals surface area contributed by atoms with E-state index in [2.05, 4.69) is 0 Å². The minimum atomic E-state index is -1.08. The van der Waals surface area contributed by atoms with Crippen LogP contribution in [0.25, 0.3) is 0 Å². The molecule has 1 aliphatic rings. The van der Waals surface area contributed by atoms with Gasteiger partial charge in [0.15, 0.2) is 0 Å². The highest BCUT2D eigenvalue weighted by atomic mass is 16.6. The predicted molar refractivity (Wildman–Crippen MR) is 72.4 cm³/mol. The molecule has 0 bridgehead atoms. The molecule has 0 radical (unpaired) electrons. The van der Waals surface area contributed by atoms with Gasteiger partial charge in [-0.3, -0.25) is 9.69 Å². The van der Waals surface area contributed by atoms with E-state index in [-0.39, 0.29) is 11.8 Å². The van der Waals surface area contributed by atoms with Crippen LogP contribution in [0, 0.1) is 0 Å². The number of carbonyl (C=O) groups is 3. The Morgan fingerprint density at radius 2 is 1.80 bits per heavy atom. The van der Waals surface area contributed by atoms with Gasteiger partial charge in [0.2, 0.25) is 0 Å². The van der Waals surface area contributed by atoms with Gasteiger partial charge in [-0.1, -0.05) is 0 Å². The van der Waals surface area contributed by atoms with Gasteiger partial charge in [0.1, 0.15) is 17.4 Å². The number of rotatable bonds is 3. The van der Waals surface area contributed by atoms with Crippen LogP contribution in [0.3, 0.4) is 0 Å². The van der Waals surface area contributed by atoms with Gasteiger partial charge in [-0.2, -0.15) is 0 Å². The summed E-state index contributed by atoms with van der Waals surface area (Å²) in [6.45, 7) is 6.67. The van der Waals surface area contributed by atoms with Crippen molar-refractivity contribution in [3.63, 3.8) is 0 Å². The van der Waals surface area contributed by atoms with Crippen molar-refractivity contribution < 1.29 is 24.2 Å². The number of carbonyl (C=O) groups excluding carboxylic acids is 2. The number of amides is 1. The van der Waals surface area contributed by atoms with Crippen molar-refractivity contribution in [1.82, 2.24) is 4.90 Å². The SMILES string of the molecule is CC(C(=O)O)N(C(=O)OC(C)(C)C)C1CCC(=O)CC1. The quantitative estimate of drug-likeness (QED) is 0.859. The lowest BCUT2D eigenvalue weighted by Crippen LogP contribution is -2.52. The number of carboxylic acid groups (broad SMARTS) is 1. The van der Waals surface area contributed by atoms with Crippen LogP contribution in [0.4, 0.5) is 4.79 Å². The zero-order valence-corrected chi connectivity index (χ0v) is 12.5. The van der Waals surface area contributed by atoms with E-state index in [4.69, 9.17) is 9.84 Å². The molecule has 0 aromatic carbocycles. The first-order valence-electron chi connectivity index (χ1n) is 6.87. The van der Waals surface area contributed by atoms with Gasteiger partial charge in [0, 0.05) is 18.9 Å². The Bertz CT molecular complexity index is 389. The van der Waals surface area contributed by atoms with Crippen LogP contribution < -0.4 is 0 Å². The zero-order valence-electron chi connectivity index (χ0n) is 12.5. The third-order valence-corrected chi connectivity index (χ3v) is 3.29.